The van der Waals surface area contributed by atoms with Gasteiger partial charge in [-0.05, 0) is 30.4 Å². The Balaban J connectivity index is 1.83. The Hall–Kier alpha value is -3.04. The highest BCUT2D eigenvalue weighted by molar-refractivity contribution is 7.12. The molecule has 0 bridgehead atoms. The van der Waals surface area contributed by atoms with E-state index in [2.05, 4.69) is 0 Å². The summed E-state index contributed by atoms with van der Waals surface area (Å²) in [6, 6.07) is 8.20. The molecule has 2 aliphatic heterocycles. The van der Waals surface area contributed by atoms with Gasteiger partial charge in [-0.25, -0.2) is 0 Å². The first-order chi connectivity index (χ1) is 14.0. The van der Waals surface area contributed by atoms with E-state index in [9.17, 15) is 24.8 Å². The van der Waals surface area contributed by atoms with Gasteiger partial charge in [0.15, 0.2) is 5.76 Å². The molecule has 8 nitrogen and oxygen atoms in total. The molecule has 0 radical (unpaired) electrons. The second-order valence-corrected chi connectivity index (χ2v) is 7.83. The van der Waals surface area contributed by atoms with Crippen molar-refractivity contribution in [2.24, 2.45) is 0 Å². The molecule has 29 heavy (non-hydrogen) atoms. The van der Waals surface area contributed by atoms with Gasteiger partial charge in [-0.15, -0.1) is 11.3 Å². The van der Waals surface area contributed by atoms with E-state index in [1.807, 2.05) is 0 Å². The molecule has 0 spiro atoms. The Morgan fingerprint density at radius 2 is 2.10 bits per heavy atom. The van der Waals surface area contributed by atoms with Gasteiger partial charge in [-0.3, -0.25) is 19.7 Å². The van der Waals surface area contributed by atoms with Crippen molar-refractivity contribution >= 4 is 28.7 Å². The highest BCUT2D eigenvalue weighted by Crippen LogP contribution is 2.43. The number of aliphatic hydroxyl groups is 1. The highest BCUT2D eigenvalue weighted by Gasteiger charge is 2.47. The van der Waals surface area contributed by atoms with Crippen LogP contribution in [0.25, 0.3) is 0 Å². The van der Waals surface area contributed by atoms with E-state index in [-0.39, 0.29) is 29.5 Å². The van der Waals surface area contributed by atoms with Crippen molar-refractivity contribution in [2.75, 3.05) is 13.2 Å². The van der Waals surface area contributed by atoms with Crippen LogP contribution in [-0.4, -0.2) is 45.9 Å². The molecule has 0 aliphatic carbocycles. The first kappa shape index (κ1) is 19.3. The van der Waals surface area contributed by atoms with Crippen LogP contribution in [0.1, 0.15) is 34.1 Å². The van der Waals surface area contributed by atoms with Crippen LogP contribution in [0.15, 0.2) is 53.1 Å². The molecule has 150 valence electrons. The van der Waals surface area contributed by atoms with E-state index in [4.69, 9.17) is 4.74 Å². The van der Waals surface area contributed by atoms with Gasteiger partial charge in [-0.1, -0.05) is 18.2 Å². The molecule has 1 saturated heterocycles. The maximum absolute atomic E-state index is 13.1. The summed E-state index contributed by atoms with van der Waals surface area (Å²) in [7, 11) is 0. The zero-order chi connectivity index (χ0) is 20.5. The van der Waals surface area contributed by atoms with Crippen molar-refractivity contribution in [1.82, 2.24) is 4.90 Å². The number of carbonyl (C=O) groups is 2. The molecule has 3 heterocycles. The fourth-order valence-corrected chi connectivity index (χ4v) is 4.51. The Morgan fingerprint density at radius 3 is 2.76 bits per heavy atom. The molecule has 0 saturated carbocycles. The summed E-state index contributed by atoms with van der Waals surface area (Å²) in [6.45, 7) is 0.712. The highest BCUT2D eigenvalue weighted by atomic mass is 32.1. The number of carbonyl (C=O) groups excluding carboxylic acids is 2. The number of nitro groups is 1. The fourth-order valence-electron chi connectivity index (χ4n) is 3.83. The minimum Gasteiger partial charge on any atom is -0.503 e. The predicted octanol–water partition coefficient (Wildman–Crippen LogP) is 3.41. The van der Waals surface area contributed by atoms with Crippen LogP contribution in [-0.2, 0) is 9.53 Å². The maximum Gasteiger partial charge on any atom is 0.290 e. The number of ketones is 1. The third-order valence-electron chi connectivity index (χ3n) is 5.15. The molecule has 1 amide bonds. The quantitative estimate of drug-likeness (QED) is 0.441. The zero-order valence-electron chi connectivity index (χ0n) is 15.3. The normalized spacial score (nSPS) is 21.8. The molecular formula is C20H18N2O6S. The molecule has 1 aromatic heterocycles. The van der Waals surface area contributed by atoms with Crippen LogP contribution in [0.3, 0.4) is 0 Å². The Morgan fingerprint density at radius 1 is 1.31 bits per heavy atom. The topological polar surface area (TPSA) is 110 Å². The lowest BCUT2D eigenvalue weighted by molar-refractivity contribution is -0.385. The summed E-state index contributed by atoms with van der Waals surface area (Å²) in [5.74, 6) is -1.89. The minimum atomic E-state index is -1.05. The van der Waals surface area contributed by atoms with E-state index in [0.29, 0.717) is 11.5 Å². The van der Waals surface area contributed by atoms with Crippen LogP contribution >= 0.6 is 11.3 Å². The number of nitro benzene ring substituents is 1. The molecule has 0 unspecified atom stereocenters. The third kappa shape index (κ3) is 3.43. The first-order valence-corrected chi connectivity index (χ1v) is 10.0. The molecular weight excluding hydrogens is 396 g/mol. The molecule has 2 aliphatic rings. The minimum absolute atomic E-state index is 0.134. The lowest BCUT2D eigenvalue weighted by atomic mass is 9.94. The molecule has 1 N–H and O–H groups in total. The van der Waals surface area contributed by atoms with E-state index in [0.717, 1.165) is 12.8 Å². The van der Waals surface area contributed by atoms with Crippen molar-refractivity contribution in [3.63, 3.8) is 0 Å². The third-order valence-corrected chi connectivity index (χ3v) is 6.01. The summed E-state index contributed by atoms with van der Waals surface area (Å²) >= 11 is 1.18. The molecule has 4 rings (SSSR count). The number of rotatable bonds is 6. The number of hydrogen-bond acceptors (Lipinski definition) is 7. The number of amides is 1. The molecule has 1 aromatic carbocycles. The number of ether oxygens (including phenoxy) is 1. The lowest BCUT2D eigenvalue weighted by Gasteiger charge is -2.28. The van der Waals surface area contributed by atoms with Crippen LogP contribution in [0, 0.1) is 10.1 Å². The summed E-state index contributed by atoms with van der Waals surface area (Å²) in [5.41, 5.74) is -0.161. The van der Waals surface area contributed by atoms with E-state index in [1.165, 1.54) is 34.4 Å². The molecule has 1 fully saturated rings. The number of aliphatic hydroxyl groups excluding tert-OH is 1. The van der Waals surface area contributed by atoms with E-state index in [1.54, 1.807) is 23.6 Å². The zero-order valence-corrected chi connectivity index (χ0v) is 16.1. The molecule has 2 atom stereocenters. The van der Waals surface area contributed by atoms with Crippen molar-refractivity contribution in [3.05, 3.63) is 73.7 Å². The van der Waals surface area contributed by atoms with Crippen LogP contribution in [0.4, 0.5) is 5.69 Å². The van der Waals surface area contributed by atoms with Crippen molar-refractivity contribution in [1.29, 1.82) is 0 Å². The number of thiophene rings is 1. The average Bonchev–Trinajstić information content (AvgIpc) is 3.46. The number of Topliss-reactive ketones (excluding diaryl/α,β-unsaturated/α-hetero) is 1. The summed E-state index contributed by atoms with van der Waals surface area (Å²) in [6.07, 6.45) is 1.35. The van der Waals surface area contributed by atoms with Gasteiger partial charge in [-0.2, -0.15) is 0 Å². The van der Waals surface area contributed by atoms with E-state index >= 15 is 0 Å². The van der Waals surface area contributed by atoms with Crippen molar-refractivity contribution < 1.29 is 24.4 Å². The Bertz CT molecular complexity index is 994. The van der Waals surface area contributed by atoms with Gasteiger partial charge in [0.2, 0.25) is 5.78 Å². The van der Waals surface area contributed by atoms with Gasteiger partial charge < -0.3 is 14.7 Å². The van der Waals surface area contributed by atoms with Gasteiger partial charge in [0.1, 0.15) is 0 Å². The van der Waals surface area contributed by atoms with Gasteiger partial charge in [0.05, 0.1) is 33.1 Å². The average molecular weight is 414 g/mol. The van der Waals surface area contributed by atoms with Crippen molar-refractivity contribution in [3.8, 4) is 0 Å². The molecule has 9 heteroatoms. The second-order valence-electron chi connectivity index (χ2n) is 6.88. The first-order valence-electron chi connectivity index (χ1n) is 9.16. The number of para-hydroxylation sites is 1. The number of nitrogens with zero attached hydrogens (tertiary/aromatic N) is 2. The van der Waals surface area contributed by atoms with Gasteiger partial charge in [0, 0.05) is 19.2 Å². The smallest absolute Gasteiger partial charge is 0.290 e. The maximum atomic E-state index is 13.1. The van der Waals surface area contributed by atoms with Gasteiger partial charge in [0.25, 0.3) is 11.6 Å². The summed E-state index contributed by atoms with van der Waals surface area (Å²) in [5, 5.41) is 23.9. The summed E-state index contributed by atoms with van der Waals surface area (Å²) in [4.78, 5) is 38.7. The number of hydrogen-bond donors (Lipinski definition) is 1. The summed E-state index contributed by atoms with van der Waals surface area (Å²) < 4.78 is 5.62. The predicted molar refractivity (Wildman–Crippen MR) is 105 cm³/mol. The van der Waals surface area contributed by atoms with Crippen LogP contribution in [0.2, 0.25) is 0 Å². The van der Waals surface area contributed by atoms with Crippen molar-refractivity contribution in [2.45, 2.75) is 25.0 Å². The number of benzene rings is 1. The largest absolute Gasteiger partial charge is 0.503 e. The molecule has 2 aromatic rings. The van der Waals surface area contributed by atoms with Crippen LogP contribution < -0.4 is 0 Å². The fraction of sp³-hybridized carbons (Fsp3) is 0.300. The van der Waals surface area contributed by atoms with E-state index < -0.39 is 28.4 Å². The van der Waals surface area contributed by atoms with Gasteiger partial charge >= 0.3 is 0 Å². The van der Waals surface area contributed by atoms with Crippen LogP contribution in [0.5, 0.6) is 0 Å². The monoisotopic (exact) mass is 414 g/mol. The lowest BCUT2D eigenvalue weighted by Crippen LogP contribution is -2.37. The Kier molecular flexibility index (Phi) is 5.16. The standard InChI is InChI=1S/C20H18N2O6S/c23-18(15-8-4-10-29-15)16-17(13-6-1-2-7-14(13)22(26)27)21(20(25)19(16)24)11-12-5-3-9-28-12/h1-2,4,6-8,10,12,17,24H,3,5,9,11H2/t12-,17+/m0/s1. The second kappa shape index (κ2) is 7.76. The SMILES string of the molecule is O=C(C1=C(O)C(=O)N(C[C@@H]2CCCO2)[C@@H]1c1ccccc1[N+](=O)[O-])c1cccs1. The Labute approximate surface area is 170 Å².